The first kappa shape index (κ1) is 14.7. The van der Waals surface area contributed by atoms with Gasteiger partial charge >= 0.3 is 0 Å². The van der Waals surface area contributed by atoms with E-state index in [0.717, 1.165) is 0 Å². The number of nitrogens with zero attached hydrogens (tertiary/aromatic N) is 3. The Balaban J connectivity index is 2.13. The van der Waals surface area contributed by atoms with Crippen LogP contribution in [0.1, 0.15) is 37.2 Å². The van der Waals surface area contributed by atoms with Gasteiger partial charge in [0.15, 0.2) is 5.82 Å². The molecule has 0 amide bonds. The zero-order chi connectivity index (χ0) is 14.5. The topological polar surface area (TPSA) is 68.2 Å². The van der Waals surface area contributed by atoms with Gasteiger partial charge in [-0.25, -0.2) is 0 Å². The van der Waals surface area contributed by atoms with Gasteiger partial charge in [0, 0.05) is 6.04 Å². The fourth-order valence-corrected chi connectivity index (χ4v) is 2.56. The lowest BCUT2D eigenvalue weighted by Gasteiger charge is -2.30. The Morgan fingerprint density at radius 2 is 1.95 bits per heavy atom. The van der Waals surface area contributed by atoms with E-state index >= 15 is 0 Å². The van der Waals surface area contributed by atoms with Crippen molar-refractivity contribution in [3.63, 3.8) is 0 Å². The van der Waals surface area contributed by atoms with Gasteiger partial charge in [-0.15, -0.1) is 0 Å². The summed E-state index contributed by atoms with van der Waals surface area (Å²) in [6.07, 6.45) is 0. The maximum Gasteiger partial charge on any atom is 0.240 e. The third-order valence-electron chi connectivity index (χ3n) is 3.32. The van der Waals surface area contributed by atoms with E-state index in [-0.39, 0.29) is 6.54 Å². The minimum atomic E-state index is 0.281. The summed E-state index contributed by atoms with van der Waals surface area (Å²) < 4.78 is 5.05. The van der Waals surface area contributed by atoms with E-state index in [4.69, 9.17) is 10.3 Å². The van der Waals surface area contributed by atoms with Crippen molar-refractivity contribution in [3.8, 4) is 0 Å². The molecule has 20 heavy (non-hydrogen) atoms. The number of nitrogens with two attached hydrogens (primary N) is 1. The largest absolute Gasteiger partial charge is 0.338 e. The van der Waals surface area contributed by atoms with Crippen molar-refractivity contribution in [2.75, 3.05) is 7.05 Å². The first-order valence-electron chi connectivity index (χ1n) is 6.88. The molecule has 108 valence electrons. The van der Waals surface area contributed by atoms with Crippen LogP contribution < -0.4 is 5.73 Å². The molecule has 2 N–H and O–H groups in total. The van der Waals surface area contributed by atoms with E-state index in [9.17, 15) is 0 Å². The molecule has 1 aromatic carbocycles. The summed E-state index contributed by atoms with van der Waals surface area (Å²) in [5.41, 5.74) is 6.78. The van der Waals surface area contributed by atoms with Crippen LogP contribution in [0.5, 0.6) is 0 Å². The highest BCUT2D eigenvalue weighted by atomic mass is 16.5. The lowest BCUT2D eigenvalue weighted by atomic mass is 9.95. The summed E-state index contributed by atoms with van der Waals surface area (Å²) in [5, 5.41) is 3.95. The molecular weight excluding hydrogens is 252 g/mol. The van der Waals surface area contributed by atoms with Crippen LogP contribution in [0.3, 0.4) is 0 Å². The Morgan fingerprint density at radius 1 is 1.25 bits per heavy atom. The fourth-order valence-electron chi connectivity index (χ4n) is 2.56. The van der Waals surface area contributed by atoms with Crippen LogP contribution >= 0.6 is 0 Å². The minimum Gasteiger partial charge on any atom is -0.338 e. The maximum atomic E-state index is 5.48. The first-order chi connectivity index (χ1) is 9.61. The number of rotatable bonds is 6. The van der Waals surface area contributed by atoms with Gasteiger partial charge in [-0.2, -0.15) is 4.98 Å². The van der Waals surface area contributed by atoms with E-state index in [1.54, 1.807) is 0 Å². The van der Waals surface area contributed by atoms with Crippen LogP contribution in [0.25, 0.3) is 0 Å². The second-order valence-electron chi connectivity index (χ2n) is 5.32. The van der Waals surface area contributed by atoms with E-state index in [1.807, 2.05) is 6.07 Å². The van der Waals surface area contributed by atoms with E-state index in [0.29, 0.717) is 30.2 Å². The molecule has 0 fully saturated rings. The van der Waals surface area contributed by atoms with Crippen molar-refractivity contribution in [3.05, 3.63) is 47.6 Å². The number of aromatic nitrogens is 2. The third kappa shape index (κ3) is 3.43. The van der Waals surface area contributed by atoms with Crippen LogP contribution in [0.15, 0.2) is 34.9 Å². The number of hydrogen-bond donors (Lipinski definition) is 1. The van der Waals surface area contributed by atoms with Crippen molar-refractivity contribution in [1.82, 2.24) is 15.0 Å². The highest BCUT2D eigenvalue weighted by Crippen LogP contribution is 2.28. The molecule has 1 heterocycles. The monoisotopic (exact) mass is 274 g/mol. The molecule has 1 atom stereocenters. The third-order valence-corrected chi connectivity index (χ3v) is 3.32. The van der Waals surface area contributed by atoms with Gasteiger partial charge < -0.3 is 10.3 Å². The van der Waals surface area contributed by atoms with Crippen molar-refractivity contribution < 1.29 is 4.52 Å². The van der Waals surface area contributed by atoms with Crippen molar-refractivity contribution in [2.45, 2.75) is 33.0 Å². The molecule has 0 spiro atoms. The molecule has 1 unspecified atom stereocenters. The second-order valence-corrected chi connectivity index (χ2v) is 5.32. The number of hydrogen-bond acceptors (Lipinski definition) is 5. The Hall–Kier alpha value is -1.72. The Bertz CT molecular complexity index is 524. The quantitative estimate of drug-likeness (QED) is 0.875. The summed E-state index contributed by atoms with van der Waals surface area (Å²) in [6.45, 7) is 5.36. The van der Waals surface area contributed by atoms with Gasteiger partial charge in [-0.1, -0.05) is 49.3 Å². The van der Waals surface area contributed by atoms with E-state index < -0.39 is 0 Å². The average Bonchev–Trinajstić information content (AvgIpc) is 2.87. The van der Waals surface area contributed by atoms with Gasteiger partial charge in [-0.3, -0.25) is 4.90 Å². The molecule has 2 aromatic rings. The van der Waals surface area contributed by atoms with Crippen molar-refractivity contribution in [1.29, 1.82) is 0 Å². The standard InChI is InChI=1S/C15H22N4O/c1-11(2)15(12-7-5-4-6-8-12)19(3)10-13-17-14(9-16)20-18-13/h4-8,11,15H,9-10,16H2,1-3H3. The Kier molecular flexibility index (Phi) is 4.87. The highest BCUT2D eigenvalue weighted by Gasteiger charge is 2.22. The SMILES string of the molecule is CC(C)C(c1ccccc1)N(C)Cc1noc(CN)n1. The summed E-state index contributed by atoms with van der Waals surface area (Å²) in [6, 6.07) is 10.8. The van der Waals surface area contributed by atoms with Crippen LogP contribution in [-0.2, 0) is 13.1 Å². The Morgan fingerprint density at radius 3 is 2.50 bits per heavy atom. The molecule has 0 saturated heterocycles. The summed E-state index contributed by atoms with van der Waals surface area (Å²) in [5.74, 6) is 1.65. The van der Waals surface area contributed by atoms with Crippen LogP contribution in [0.4, 0.5) is 0 Å². The van der Waals surface area contributed by atoms with E-state index in [2.05, 4.69) is 60.2 Å². The molecule has 0 radical (unpaired) electrons. The first-order valence-corrected chi connectivity index (χ1v) is 6.88. The van der Waals surface area contributed by atoms with Gasteiger partial charge in [0.25, 0.3) is 0 Å². The fraction of sp³-hybridized carbons (Fsp3) is 0.467. The van der Waals surface area contributed by atoms with Gasteiger partial charge in [-0.05, 0) is 18.5 Å². The second kappa shape index (κ2) is 6.63. The smallest absolute Gasteiger partial charge is 0.240 e. The normalized spacial score (nSPS) is 13.1. The van der Waals surface area contributed by atoms with Gasteiger partial charge in [0.2, 0.25) is 5.89 Å². The Labute approximate surface area is 119 Å². The van der Waals surface area contributed by atoms with Crippen molar-refractivity contribution in [2.24, 2.45) is 11.7 Å². The molecule has 0 aliphatic rings. The zero-order valence-electron chi connectivity index (χ0n) is 12.3. The molecular formula is C15H22N4O. The highest BCUT2D eigenvalue weighted by molar-refractivity contribution is 5.19. The van der Waals surface area contributed by atoms with Gasteiger partial charge in [0.1, 0.15) is 0 Å². The molecule has 0 bridgehead atoms. The summed E-state index contributed by atoms with van der Waals surface area (Å²) >= 11 is 0. The molecule has 0 saturated carbocycles. The van der Waals surface area contributed by atoms with Gasteiger partial charge in [0.05, 0.1) is 13.1 Å². The summed E-state index contributed by atoms with van der Waals surface area (Å²) in [7, 11) is 2.08. The van der Waals surface area contributed by atoms with Crippen LogP contribution in [0.2, 0.25) is 0 Å². The average molecular weight is 274 g/mol. The van der Waals surface area contributed by atoms with Crippen LogP contribution in [0, 0.1) is 5.92 Å². The molecule has 1 aromatic heterocycles. The minimum absolute atomic E-state index is 0.281. The predicted molar refractivity (Wildman–Crippen MR) is 77.7 cm³/mol. The lowest BCUT2D eigenvalue weighted by molar-refractivity contribution is 0.180. The maximum absolute atomic E-state index is 5.48. The van der Waals surface area contributed by atoms with E-state index in [1.165, 1.54) is 5.56 Å². The lowest BCUT2D eigenvalue weighted by Crippen LogP contribution is -2.28. The van der Waals surface area contributed by atoms with Crippen molar-refractivity contribution >= 4 is 0 Å². The predicted octanol–water partition coefficient (Wildman–Crippen LogP) is 2.36. The number of benzene rings is 1. The van der Waals surface area contributed by atoms with Crippen LogP contribution in [-0.4, -0.2) is 22.1 Å². The molecule has 5 heteroatoms. The molecule has 0 aliphatic carbocycles. The molecule has 5 nitrogen and oxygen atoms in total. The zero-order valence-corrected chi connectivity index (χ0v) is 12.3. The molecule has 0 aliphatic heterocycles. The molecule has 2 rings (SSSR count). The summed E-state index contributed by atoms with van der Waals surface area (Å²) in [4.78, 5) is 6.50.